The van der Waals surface area contributed by atoms with Crippen LogP contribution in [0.2, 0.25) is 0 Å². The van der Waals surface area contributed by atoms with Crippen LogP contribution in [0.5, 0.6) is 0 Å². The van der Waals surface area contributed by atoms with Crippen LogP contribution in [0.25, 0.3) is 10.9 Å². The Hall–Kier alpha value is -2.37. The van der Waals surface area contributed by atoms with Crippen LogP contribution >= 0.6 is 0 Å². The SMILES string of the molecule is CCOC(=O)c1[nH]c2ccc(C)cc2c1CC[N+](=O)[O-]. The zero-order valence-electron chi connectivity index (χ0n) is 11.4. The molecule has 0 saturated carbocycles. The summed E-state index contributed by atoms with van der Waals surface area (Å²) in [7, 11) is 0. The fourth-order valence-electron chi connectivity index (χ4n) is 2.20. The van der Waals surface area contributed by atoms with Gasteiger partial charge in [-0.2, -0.15) is 0 Å². The van der Waals surface area contributed by atoms with E-state index in [1.807, 2.05) is 25.1 Å². The van der Waals surface area contributed by atoms with Gasteiger partial charge in [0, 0.05) is 22.2 Å². The monoisotopic (exact) mass is 276 g/mol. The fraction of sp³-hybridized carbons (Fsp3) is 0.357. The van der Waals surface area contributed by atoms with Crippen molar-refractivity contribution in [2.45, 2.75) is 20.3 Å². The Morgan fingerprint density at radius 3 is 2.85 bits per heavy atom. The van der Waals surface area contributed by atoms with E-state index in [0.29, 0.717) is 11.3 Å². The highest BCUT2D eigenvalue weighted by Crippen LogP contribution is 2.25. The van der Waals surface area contributed by atoms with Gasteiger partial charge in [0.05, 0.1) is 6.61 Å². The molecule has 6 heteroatoms. The number of carbonyl (C=O) groups is 1. The molecular formula is C14H16N2O4. The zero-order valence-corrected chi connectivity index (χ0v) is 11.4. The second-order valence-electron chi connectivity index (χ2n) is 4.55. The number of aromatic nitrogens is 1. The number of rotatable bonds is 5. The van der Waals surface area contributed by atoms with Gasteiger partial charge < -0.3 is 9.72 Å². The third-order valence-corrected chi connectivity index (χ3v) is 3.09. The van der Waals surface area contributed by atoms with Crippen molar-refractivity contribution in [3.05, 3.63) is 45.1 Å². The van der Waals surface area contributed by atoms with Gasteiger partial charge in [0.15, 0.2) is 0 Å². The number of esters is 1. The molecule has 0 radical (unpaired) electrons. The molecule has 0 aliphatic carbocycles. The number of ether oxygens (including phenoxy) is 1. The van der Waals surface area contributed by atoms with Gasteiger partial charge in [0.25, 0.3) is 0 Å². The summed E-state index contributed by atoms with van der Waals surface area (Å²) in [5.41, 5.74) is 2.79. The highest BCUT2D eigenvalue weighted by atomic mass is 16.6. The molecule has 0 aliphatic rings. The molecule has 0 bridgehead atoms. The number of benzene rings is 1. The summed E-state index contributed by atoms with van der Waals surface area (Å²) in [5, 5.41) is 11.4. The van der Waals surface area contributed by atoms with E-state index in [0.717, 1.165) is 16.5 Å². The molecule has 2 aromatic rings. The summed E-state index contributed by atoms with van der Waals surface area (Å²) in [6, 6.07) is 5.71. The number of fused-ring (bicyclic) bond motifs is 1. The van der Waals surface area contributed by atoms with Crippen LogP contribution in [0, 0.1) is 17.0 Å². The van der Waals surface area contributed by atoms with E-state index < -0.39 is 5.97 Å². The van der Waals surface area contributed by atoms with Gasteiger partial charge in [-0.15, -0.1) is 0 Å². The normalized spacial score (nSPS) is 10.7. The van der Waals surface area contributed by atoms with Crippen LogP contribution < -0.4 is 0 Å². The number of nitrogens with zero attached hydrogens (tertiary/aromatic N) is 1. The van der Waals surface area contributed by atoms with Gasteiger partial charge in [-0.3, -0.25) is 10.1 Å². The van der Waals surface area contributed by atoms with Gasteiger partial charge in [-0.25, -0.2) is 4.79 Å². The van der Waals surface area contributed by atoms with Crippen molar-refractivity contribution in [1.29, 1.82) is 0 Å². The largest absolute Gasteiger partial charge is 0.461 e. The van der Waals surface area contributed by atoms with E-state index in [9.17, 15) is 14.9 Å². The predicted octanol–water partition coefficient (Wildman–Crippen LogP) is 2.47. The smallest absolute Gasteiger partial charge is 0.355 e. The molecule has 0 aliphatic heterocycles. The van der Waals surface area contributed by atoms with E-state index in [-0.39, 0.29) is 24.5 Å². The lowest BCUT2D eigenvalue weighted by molar-refractivity contribution is -0.479. The summed E-state index contributed by atoms with van der Waals surface area (Å²) in [4.78, 5) is 25.1. The molecule has 0 spiro atoms. The molecule has 0 saturated heterocycles. The summed E-state index contributed by atoms with van der Waals surface area (Å²) in [6.07, 6.45) is 0.199. The van der Waals surface area contributed by atoms with Crippen LogP contribution in [-0.2, 0) is 11.2 Å². The highest BCUT2D eigenvalue weighted by Gasteiger charge is 2.20. The van der Waals surface area contributed by atoms with Crippen molar-refractivity contribution in [3.8, 4) is 0 Å². The molecule has 0 atom stereocenters. The zero-order chi connectivity index (χ0) is 14.7. The van der Waals surface area contributed by atoms with Crippen molar-refractivity contribution in [2.75, 3.05) is 13.2 Å². The molecule has 1 aromatic heterocycles. The maximum absolute atomic E-state index is 11.9. The average molecular weight is 276 g/mol. The molecule has 0 amide bonds. The lowest BCUT2D eigenvalue weighted by atomic mass is 10.1. The number of aromatic amines is 1. The number of H-pyrrole nitrogens is 1. The first-order chi connectivity index (χ1) is 9.52. The predicted molar refractivity (Wildman–Crippen MR) is 74.6 cm³/mol. The summed E-state index contributed by atoms with van der Waals surface area (Å²) in [6.45, 7) is 3.71. The maximum atomic E-state index is 11.9. The molecule has 1 heterocycles. The third kappa shape index (κ3) is 2.79. The summed E-state index contributed by atoms with van der Waals surface area (Å²) < 4.78 is 5.00. The van der Waals surface area contributed by atoms with E-state index in [1.165, 1.54) is 0 Å². The number of aryl methyl sites for hydroxylation is 1. The molecule has 2 rings (SSSR count). The molecule has 0 fully saturated rings. The van der Waals surface area contributed by atoms with Gasteiger partial charge in [-0.05, 0) is 31.5 Å². The minimum absolute atomic E-state index is 0.199. The number of carbonyl (C=O) groups excluding carboxylic acids is 1. The molecule has 20 heavy (non-hydrogen) atoms. The molecule has 1 aromatic carbocycles. The van der Waals surface area contributed by atoms with Crippen LogP contribution in [0.15, 0.2) is 18.2 Å². The van der Waals surface area contributed by atoms with E-state index in [4.69, 9.17) is 4.74 Å². The molecule has 106 valence electrons. The van der Waals surface area contributed by atoms with Gasteiger partial charge >= 0.3 is 5.97 Å². The van der Waals surface area contributed by atoms with Gasteiger partial charge in [0.2, 0.25) is 6.54 Å². The lowest BCUT2D eigenvalue weighted by Gasteiger charge is -2.02. The summed E-state index contributed by atoms with van der Waals surface area (Å²) in [5.74, 6) is -0.472. The van der Waals surface area contributed by atoms with Crippen molar-refractivity contribution < 1.29 is 14.5 Å². The van der Waals surface area contributed by atoms with Crippen molar-refractivity contribution in [3.63, 3.8) is 0 Å². The van der Waals surface area contributed by atoms with Crippen molar-refractivity contribution in [1.82, 2.24) is 4.98 Å². The first-order valence-electron chi connectivity index (χ1n) is 6.43. The number of hydrogen-bond acceptors (Lipinski definition) is 4. The van der Waals surface area contributed by atoms with Crippen LogP contribution in [0.4, 0.5) is 0 Å². The Labute approximate surface area is 115 Å². The number of nitrogens with one attached hydrogen (secondary N) is 1. The molecule has 6 nitrogen and oxygen atoms in total. The standard InChI is InChI=1S/C14H16N2O4/c1-3-20-14(17)13-10(6-7-16(18)19)11-8-9(2)4-5-12(11)15-13/h4-5,8,15H,3,6-7H2,1-2H3. The maximum Gasteiger partial charge on any atom is 0.355 e. The summed E-state index contributed by atoms with van der Waals surface area (Å²) >= 11 is 0. The fourth-order valence-corrected chi connectivity index (χ4v) is 2.20. The van der Waals surface area contributed by atoms with Crippen LogP contribution in [0.1, 0.15) is 28.5 Å². The first-order valence-corrected chi connectivity index (χ1v) is 6.43. The molecule has 1 N–H and O–H groups in total. The lowest BCUT2D eigenvalue weighted by Crippen LogP contribution is -2.11. The second-order valence-corrected chi connectivity index (χ2v) is 4.55. The second kappa shape index (κ2) is 5.73. The minimum atomic E-state index is -0.472. The Morgan fingerprint density at radius 2 is 2.20 bits per heavy atom. The van der Waals surface area contributed by atoms with Crippen LogP contribution in [0.3, 0.4) is 0 Å². The van der Waals surface area contributed by atoms with E-state index in [1.54, 1.807) is 6.92 Å². The van der Waals surface area contributed by atoms with E-state index >= 15 is 0 Å². The van der Waals surface area contributed by atoms with Gasteiger partial charge in [-0.1, -0.05) is 11.6 Å². The Balaban J connectivity index is 2.51. The number of nitro groups is 1. The van der Waals surface area contributed by atoms with Crippen LogP contribution in [-0.4, -0.2) is 29.0 Å². The Morgan fingerprint density at radius 1 is 1.45 bits per heavy atom. The quantitative estimate of drug-likeness (QED) is 0.516. The number of hydrogen-bond donors (Lipinski definition) is 1. The van der Waals surface area contributed by atoms with E-state index in [2.05, 4.69) is 4.98 Å². The van der Waals surface area contributed by atoms with Gasteiger partial charge in [0.1, 0.15) is 5.69 Å². The first kappa shape index (κ1) is 14.0. The topological polar surface area (TPSA) is 85.2 Å². The molecular weight excluding hydrogens is 260 g/mol. The average Bonchev–Trinajstić information content (AvgIpc) is 2.74. The minimum Gasteiger partial charge on any atom is -0.461 e. The van der Waals surface area contributed by atoms with Crippen molar-refractivity contribution >= 4 is 16.9 Å². The van der Waals surface area contributed by atoms with Crippen molar-refractivity contribution in [2.24, 2.45) is 0 Å². The Bertz CT molecular complexity index is 660. The third-order valence-electron chi connectivity index (χ3n) is 3.09. The highest BCUT2D eigenvalue weighted by molar-refractivity contribution is 5.98. The molecule has 0 unspecified atom stereocenters. The Kier molecular flexibility index (Phi) is 4.02.